The van der Waals surface area contributed by atoms with Gasteiger partial charge in [-0.25, -0.2) is 13.8 Å². The smallest absolute Gasteiger partial charge is 0.159 e. The zero-order valence-corrected chi connectivity index (χ0v) is 19.7. The first-order valence-electron chi connectivity index (χ1n) is 12.1. The number of aromatic nitrogens is 4. The number of piperidine rings is 1. The Bertz CT molecular complexity index is 1310. The van der Waals surface area contributed by atoms with Gasteiger partial charge in [-0.3, -0.25) is 10.00 Å². The molecule has 6 rings (SSSR count). The second kappa shape index (κ2) is 9.05. The average Bonchev–Trinajstić information content (AvgIpc) is 3.51. The molecule has 0 aliphatic carbocycles. The van der Waals surface area contributed by atoms with E-state index in [9.17, 15) is 8.78 Å². The van der Waals surface area contributed by atoms with E-state index in [1.54, 1.807) is 0 Å². The number of benzene rings is 2. The normalized spacial score (nSPS) is 17.3. The summed E-state index contributed by atoms with van der Waals surface area (Å²) in [7, 11) is 2.19. The summed E-state index contributed by atoms with van der Waals surface area (Å²) in [6, 6.07) is 9.85. The fraction of sp³-hybridized carbons (Fsp3) is 0.385. The number of rotatable bonds is 6. The first kappa shape index (κ1) is 22.2. The second-order valence-electron chi connectivity index (χ2n) is 9.61. The van der Waals surface area contributed by atoms with Crippen molar-refractivity contribution in [3.63, 3.8) is 0 Å². The summed E-state index contributed by atoms with van der Waals surface area (Å²) in [5, 5.41) is 8.50. The molecule has 7 nitrogen and oxygen atoms in total. The van der Waals surface area contributed by atoms with Crippen LogP contribution in [0.3, 0.4) is 0 Å². The highest BCUT2D eigenvalue weighted by Gasteiger charge is 2.31. The van der Waals surface area contributed by atoms with Crippen LogP contribution in [0.15, 0.2) is 36.4 Å². The standard InChI is InChI=1S/C26H28F2N6O/c1-33-7-4-19(5-8-33)34-14-23-24(15-34)30-26(29-23)25-21-13-20(2-3-22(21)31-32-25)35-9-6-16-10-17(27)12-18(28)11-16/h2-3,10-13,19H,4-9,14-15H2,1H3,(H,29,30)(H,31,32). The van der Waals surface area contributed by atoms with Gasteiger partial charge in [0.15, 0.2) is 5.82 Å². The number of halogens is 2. The van der Waals surface area contributed by atoms with E-state index in [1.807, 2.05) is 18.2 Å². The molecule has 0 bridgehead atoms. The maximum absolute atomic E-state index is 13.4. The van der Waals surface area contributed by atoms with Crippen molar-refractivity contribution in [2.24, 2.45) is 0 Å². The van der Waals surface area contributed by atoms with Crippen molar-refractivity contribution < 1.29 is 13.5 Å². The molecule has 0 unspecified atom stereocenters. The predicted molar refractivity (Wildman–Crippen MR) is 129 cm³/mol. The molecule has 1 fully saturated rings. The van der Waals surface area contributed by atoms with Crippen LogP contribution in [0.1, 0.15) is 29.8 Å². The third-order valence-electron chi connectivity index (χ3n) is 7.12. The molecule has 1 saturated heterocycles. The lowest BCUT2D eigenvalue weighted by atomic mass is 10.0. The minimum absolute atomic E-state index is 0.309. The molecule has 9 heteroatoms. The molecule has 0 saturated carbocycles. The maximum atomic E-state index is 13.4. The Hall–Kier alpha value is -3.30. The van der Waals surface area contributed by atoms with E-state index in [2.05, 4.69) is 32.0 Å². The van der Waals surface area contributed by atoms with Crippen LogP contribution in [0, 0.1) is 11.6 Å². The first-order valence-corrected chi connectivity index (χ1v) is 12.1. The molecule has 4 heterocycles. The number of nitrogens with zero attached hydrogens (tertiary/aromatic N) is 4. The molecule has 2 aliphatic rings. The van der Waals surface area contributed by atoms with Crippen molar-refractivity contribution >= 4 is 10.9 Å². The summed E-state index contributed by atoms with van der Waals surface area (Å²) in [6.45, 7) is 4.38. The molecular formula is C26H28F2N6O. The summed E-state index contributed by atoms with van der Waals surface area (Å²) < 4.78 is 32.7. The zero-order valence-electron chi connectivity index (χ0n) is 19.7. The number of nitrogens with one attached hydrogen (secondary N) is 2. The van der Waals surface area contributed by atoms with Gasteiger partial charge in [0.05, 0.1) is 23.5 Å². The number of likely N-dealkylation sites (tertiary alicyclic amines) is 1. The minimum Gasteiger partial charge on any atom is -0.493 e. The Kier molecular flexibility index (Phi) is 5.74. The van der Waals surface area contributed by atoms with Crippen LogP contribution in [0.2, 0.25) is 0 Å². The van der Waals surface area contributed by atoms with E-state index in [4.69, 9.17) is 9.72 Å². The van der Waals surface area contributed by atoms with E-state index in [-0.39, 0.29) is 0 Å². The molecule has 2 aromatic carbocycles. The van der Waals surface area contributed by atoms with Crippen LogP contribution >= 0.6 is 0 Å². The topological polar surface area (TPSA) is 73.1 Å². The summed E-state index contributed by atoms with van der Waals surface area (Å²) in [5.74, 6) is 0.273. The number of ether oxygens (including phenoxy) is 1. The Morgan fingerprint density at radius 1 is 1.06 bits per heavy atom. The fourth-order valence-corrected chi connectivity index (χ4v) is 5.19. The molecule has 0 radical (unpaired) electrons. The van der Waals surface area contributed by atoms with Crippen LogP contribution in [0.5, 0.6) is 5.75 Å². The summed E-state index contributed by atoms with van der Waals surface area (Å²) in [6.07, 6.45) is 2.81. The molecular weight excluding hydrogens is 450 g/mol. The number of aromatic amines is 2. The highest BCUT2D eigenvalue weighted by Crippen LogP contribution is 2.32. The molecule has 0 atom stereocenters. The molecule has 0 spiro atoms. The SMILES string of the molecule is CN1CCC(N2Cc3nc(-c4n[nH]c5ccc(OCCc6cc(F)cc(F)c6)cc45)[nH]c3C2)CC1. The highest BCUT2D eigenvalue weighted by atomic mass is 19.1. The summed E-state index contributed by atoms with van der Waals surface area (Å²) in [5.41, 5.74) is 4.49. The molecule has 0 amide bonds. The number of imidazole rings is 1. The second-order valence-corrected chi connectivity index (χ2v) is 9.61. The van der Waals surface area contributed by atoms with Crippen LogP contribution in [0.25, 0.3) is 22.4 Å². The Labute approximate surface area is 202 Å². The van der Waals surface area contributed by atoms with Crippen molar-refractivity contribution in [2.45, 2.75) is 38.4 Å². The quantitative estimate of drug-likeness (QED) is 0.433. The molecule has 4 aromatic rings. The lowest BCUT2D eigenvalue weighted by Crippen LogP contribution is -2.41. The molecule has 2 N–H and O–H groups in total. The fourth-order valence-electron chi connectivity index (χ4n) is 5.19. The number of hydrogen-bond acceptors (Lipinski definition) is 5. The summed E-state index contributed by atoms with van der Waals surface area (Å²) in [4.78, 5) is 13.3. The van der Waals surface area contributed by atoms with Crippen molar-refractivity contribution in [1.82, 2.24) is 30.0 Å². The number of H-pyrrole nitrogens is 2. The van der Waals surface area contributed by atoms with Gasteiger partial charge in [0, 0.05) is 37.0 Å². The van der Waals surface area contributed by atoms with E-state index < -0.39 is 11.6 Å². The summed E-state index contributed by atoms with van der Waals surface area (Å²) >= 11 is 0. The molecule has 182 valence electrons. The van der Waals surface area contributed by atoms with Gasteiger partial charge in [0.25, 0.3) is 0 Å². The Morgan fingerprint density at radius 3 is 2.63 bits per heavy atom. The van der Waals surface area contributed by atoms with Gasteiger partial charge in [-0.15, -0.1) is 0 Å². The predicted octanol–water partition coefficient (Wildman–Crippen LogP) is 4.26. The Balaban J connectivity index is 1.15. The van der Waals surface area contributed by atoms with Gasteiger partial charge in [-0.1, -0.05) is 0 Å². The van der Waals surface area contributed by atoms with E-state index in [0.29, 0.717) is 30.4 Å². The van der Waals surface area contributed by atoms with Gasteiger partial charge >= 0.3 is 0 Å². The van der Waals surface area contributed by atoms with Crippen LogP contribution in [0.4, 0.5) is 8.78 Å². The van der Waals surface area contributed by atoms with Crippen molar-refractivity contribution in [3.8, 4) is 17.3 Å². The molecule has 2 aromatic heterocycles. The van der Waals surface area contributed by atoms with Crippen LogP contribution < -0.4 is 4.74 Å². The third-order valence-corrected chi connectivity index (χ3v) is 7.12. The van der Waals surface area contributed by atoms with Gasteiger partial charge in [-0.05, 0) is 68.9 Å². The van der Waals surface area contributed by atoms with Gasteiger partial charge in [0.2, 0.25) is 0 Å². The minimum atomic E-state index is -0.579. The number of fused-ring (bicyclic) bond motifs is 2. The third kappa shape index (κ3) is 4.53. The highest BCUT2D eigenvalue weighted by molar-refractivity contribution is 5.92. The zero-order chi connectivity index (χ0) is 23.9. The lowest BCUT2D eigenvalue weighted by Gasteiger charge is -2.34. The lowest BCUT2D eigenvalue weighted by molar-refractivity contribution is 0.118. The van der Waals surface area contributed by atoms with Crippen LogP contribution in [-0.2, 0) is 19.5 Å². The Morgan fingerprint density at radius 2 is 1.86 bits per heavy atom. The van der Waals surface area contributed by atoms with E-state index in [1.165, 1.54) is 30.7 Å². The maximum Gasteiger partial charge on any atom is 0.159 e. The molecule has 2 aliphatic heterocycles. The first-order chi connectivity index (χ1) is 17.0. The molecule has 35 heavy (non-hydrogen) atoms. The van der Waals surface area contributed by atoms with Crippen molar-refractivity contribution in [1.29, 1.82) is 0 Å². The number of hydrogen-bond donors (Lipinski definition) is 2. The van der Waals surface area contributed by atoms with Crippen molar-refractivity contribution in [2.75, 3.05) is 26.7 Å². The van der Waals surface area contributed by atoms with E-state index >= 15 is 0 Å². The van der Waals surface area contributed by atoms with Gasteiger partial charge < -0.3 is 14.6 Å². The van der Waals surface area contributed by atoms with Crippen LogP contribution in [-0.4, -0.2) is 62.8 Å². The van der Waals surface area contributed by atoms with Crippen molar-refractivity contribution in [3.05, 3.63) is 65.0 Å². The monoisotopic (exact) mass is 478 g/mol. The van der Waals surface area contributed by atoms with Gasteiger partial charge in [0.1, 0.15) is 23.1 Å². The van der Waals surface area contributed by atoms with Gasteiger partial charge in [-0.2, -0.15) is 5.10 Å². The van der Waals surface area contributed by atoms with E-state index in [0.717, 1.165) is 60.4 Å². The largest absolute Gasteiger partial charge is 0.493 e. The average molecular weight is 479 g/mol.